The number of hydrogen-bond donors (Lipinski definition) is 0. The van der Waals surface area contributed by atoms with E-state index in [1.54, 1.807) is 25.3 Å². The van der Waals surface area contributed by atoms with Gasteiger partial charge in [0.05, 0.1) is 7.11 Å². The lowest BCUT2D eigenvalue weighted by molar-refractivity contribution is -0.134. The Labute approximate surface area is 95.7 Å². The van der Waals surface area contributed by atoms with E-state index < -0.39 is 0 Å². The molecule has 16 heavy (non-hydrogen) atoms. The molecule has 0 radical (unpaired) electrons. The molecule has 0 fully saturated rings. The molecule has 0 saturated carbocycles. The second-order valence-electron chi connectivity index (χ2n) is 3.34. The molecule has 0 aliphatic rings. The summed E-state index contributed by atoms with van der Waals surface area (Å²) in [5.41, 5.74) is 0.889. The first-order valence-electron chi connectivity index (χ1n) is 5.22. The van der Waals surface area contributed by atoms with Crippen molar-refractivity contribution >= 4 is 12.0 Å². The summed E-state index contributed by atoms with van der Waals surface area (Å²) in [7, 11) is 1.54. The zero-order chi connectivity index (χ0) is 12.0. The molecular formula is C13H16O3. The molecule has 1 rings (SSSR count). The summed E-state index contributed by atoms with van der Waals surface area (Å²) < 4.78 is 10.3. The first-order valence-corrected chi connectivity index (χ1v) is 5.22. The van der Waals surface area contributed by atoms with Gasteiger partial charge in [0.25, 0.3) is 0 Å². The zero-order valence-corrected chi connectivity index (χ0v) is 9.66. The molecule has 86 valence electrons. The van der Waals surface area contributed by atoms with Gasteiger partial charge in [-0.15, -0.1) is 0 Å². The predicted molar refractivity (Wildman–Crippen MR) is 63.6 cm³/mol. The van der Waals surface area contributed by atoms with E-state index in [4.69, 9.17) is 9.47 Å². The molecule has 0 aliphatic carbocycles. The van der Waals surface area contributed by atoms with Crippen LogP contribution in [0.4, 0.5) is 0 Å². The van der Waals surface area contributed by atoms with Crippen molar-refractivity contribution in [3.63, 3.8) is 0 Å². The van der Waals surface area contributed by atoms with E-state index in [1.165, 1.54) is 0 Å². The Kier molecular flexibility index (Phi) is 4.58. The number of ether oxygens (including phenoxy) is 2. The largest absolute Gasteiger partial charge is 0.493 e. The van der Waals surface area contributed by atoms with E-state index in [2.05, 4.69) is 6.58 Å². The highest BCUT2D eigenvalue weighted by atomic mass is 16.6. The van der Waals surface area contributed by atoms with Crippen molar-refractivity contribution in [3.05, 3.63) is 30.3 Å². The number of carbonyl (C=O) groups is 1. The Hall–Kier alpha value is -1.77. The molecule has 0 atom stereocenters. The third kappa shape index (κ3) is 3.12. The van der Waals surface area contributed by atoms with Gasteiger partial charge in [-0.25, -0.2) is 0 Å². The van der Waals surface area contributed by atoms with Gasteiger partial charge in [0.2, 0.25) is 0 Å². The number of rotatable bonds is 5. The first-order chi connectivity index (χ1) is 7.71. The maximum absolute atomic E-state index is 11.4. The van der Waals surface area contributed by atoms with Crippen LogP contribution in [0.1, 0.15) is 25.3 Å². The van der Waals surface area contributed by atoms with Crippen LogP contribution in [0.15, 0.2) is 24.8 Å². The van der Waals surface area contributed by atoms with Crippen molar-refractivity contribution in [2.75, 3.05) is 7.11 Å². The molecule has 0 aliphatic heterocycles. The summed E-state index contributed by atoms with van der Waals surface area (Å²) in [4.78, 5) is 11.4. The minimum absolute atomic E-state index is 0.248. The van der Waals surface area contributed by atoms with Gasteiger partial charge < -0.3 is 9.47 Å². The molecule has 0 spiro atoms. The van der Waals surface area contributed by atoms with E-state index in [-0.39, 0.29) is 5.97 Å². The van der Waals surface area contributed by atoms with Gasteiger partial charge in [0.1, 0.15) is 0 Å². The normalized spacial score (nSPS) is 9.62. The van der Waals surface area contributed by atoms with E-state index in [0.29, 0.717) is 17.9 Å². The summed E-state index contributed by atoms with van der Waals surface area (Å²) in [6.07, 6.45) is 2.86. The van der Waals surface area contributed by atoms with Crippen molar-refractivity contribution in [2.45, 2.75) is 19.8 Å². The van der Waals surface area contributed by atoms with Crippen LogP contribution in [-0.2, 0) is 4.79 Å². The van der Waals surface area contributed by atoms with Crippen LogP contribution in [-0.4, -0.2) is 13.1 Å². The molecule has 1 aromatic rings. The Morgan fingerprint density at radius 2 is 2.19 bits per heavy atom. The van der Waals surface area contributed by atoms with Crippen LogP contribution in [0.2, 0.25) is 0 Å². The predicted octanol–water partition coefficient (Wildman–Crippen LogP) is 3.04. The first kappa shape index (κ1) is 12.3. The van der Waals surface area contributed by atoms with Crippen molar-refractivity contribution in [2.24, 2.45) is 0 Å². The fourth-order valence-electron chi connectivity index (χ4n) is 1.28. The smallest absolute Gasteiger partial charge is 0.311 e. The molecule has 3 heteroatoms. The second kappa shape index (κ2) is 5.95. The second-order valence-corrected chi connectivity index (χ2v) is 3.34. The lowest BCUT2D eigenvalue weighted by Crippen LogP contribution is -2.07. The molecule has 0 saturated heterocycles. The Bertz CT molecular complexity index is 383. The van der Waals surface area contributed by atoms with E-state index >= 15 is 0 Å². The van der Waals surface area contributed by atoms with E-state index in [9.17, 15) is 4.79 Å². The maximum atomic E-state index is 11.4. The highest BCUT2D eigenvalue weighted by Gasteiger charge is 2.09. The van der Waals surface area contributed by atoms with Crippen molar-refractivity contribution in [1.29, 1.82) is 0 Å². The molecule has 0 heterocycles. The third-order valence-corrected chi connectivity index (χ3v) is 2.10. The number of methoxy groups -OCH3 is 1. The summed E-state index contributed by atoms with van der Waals surface area (Å²) >= 11 is 0. The summed E-state index contributed by atoms with van der Waals surface area (Å²) in [6.45, 7) is 5.59. The number of benzene rings is 1. The van der Waals surface area contributed by atoms with E-state index in [1.807, 2.05) is 13.0 Å². The van der Waals surface area contributed by atoms with E-state index in [0.717, 1.165) is 12.0 Å². The summed E-state index contributed by atoms with van der Waals surface area (Å²) in [6, 6.07) is 5.34. The van der Waals surface area contributed by atoms with Crippen molar-refractivity contribution in [3.8, 4) is 11.5 Å². The lowest BCUT2D eigenvalue weighted by atomic mass is 10.2. The minimum Gasteiger partial charge on any atom is -0.493 e. The van der Waals surface area contributed by atoms with Crippen LogP contribution in [0, 0.1) is 0 Å². The molecule has 3 nitrogen and oxygen atoms in total. The number of esters is 1. The van der Waals surface area contributed by atoms with Gasteiger partial charge in [-0.2, -0.15) is 0 Å². The monoisotopic (exact) mass is 220 g/mol. The van der Waals surface area contributed by atoms with Crippen LogP contribution in [0.25, 0.3) is 6.08 Å². The van der Waals surface area contributed by atoms with Gasteiger partial charge in [-0.1, -0.05) is 25.6 Å². The highest BCUT2D eigenvalue weighted by Crippen LogP contribution is 2.28. The average Bonchev–Trinajstić information content (AvgIpc) is 2.29. The van der Waals surface area contributed by atoms with Crippen LogP contribution in [0.3, 0.4) is 0 Å². The van der Waals surface area contributed by atoms with Crippen molar-refractivity contribution in [1.82, 2.24) is 0 Å². The average molecular weight is 220 g/mol. The number of hydrogen-bond acceptors (Lipinski definition) is 3. The Morgan fingerprint density at radius 1 is 1.44 bits per heavy atom. The molecule has 0 amide bonds. The van der Waals surface area contributed by atoms with Gasteiger partial charge >= 0.3 is 5.97 Å². The summed E-state index contributed by atoms with van der Waals surface area (Å²) in [5, 5.41) is 0. The van der Waals surface area contributed by atoms with Gasteiger partial charge in [-0.3, -0.25) is 4.79 Å². The molecular weight excluding hydrogens is 204 g/mol. The minimum atomic E-state index is -0.248. The SMILES string of the molecule is C=Cc1ccc(OC)c(OC(=O)CCC)c1. The standard InChI is InChI=1S/C13H16O3/c1-4-6-13(14)16-12-9-10(5-2)7-8-11(12)15-3/h5,7-9H,2,4,6H2,1,3H3. The Morgan fingerprint density at radius 3 is 2.75 bits per heavy atom. The fraction of sp³-hybridized carbons (Fsp3) is 0.308. The molecule has 0 unspecified atom stereocenters. The fourth-order valence-corrected chi connectivity index (χ4v) is 1.28. The lowest BCUT2D eigenvalue weighted by Gasteiger charge is -2.09. The highest BCUT2D eigenvalue weighted by molar-refractivity contribution is 5.73. The zero-order valence-electron chi connectivity index (χ0n) is 9.66. The molecule has 1 aromatic carbocycles. The van der Waals surface area contributed by atoms with Gasteiger partial charge in [0, 0.05) is 6.42 Å². The topological polar surface area (TPSA) is 35.5 Å². The quantitative estimate of drug-likeness (QED) is 0.565. The van der Waals surface area contributed by atoms with Gasteiger partial charge in [0.15, 0.2) is 11.5 Å². The molecule has 0 bridgehead atoms. The van der Waals surface area contributed by atoms with Crippen LogP contribution < -0.4 is 9.47 Å². The number of carbonyl (C=O) groups excluding carboxylic acids is 1. The molecule has 0 N–H and O–H groups in total. The summed E-state index contributed by atoms with van der Waals surface area (Å²) in [5.74, 6) is 0.746. The third-order valence-electron chi connectivity index (χ3n) is 2.10. The Balaban J connectivity index is 2.90. The van der Waals surface area contributed by atoms with Crippen LogP contribution in [0.5, 0.6) is 11.5 Å². The maximum Gasteiger partial charge on any atom is 0.311 e. The molecule has 0 aromatic heterocycles. The van der Waals surface area contributed by atoms with Gasteiger partial charge in [-0.05, 0) is 24.1 Å². The van der Waals surface area contributed by atoms with Crippen LogP contribution >= 0.6 is 0 Å². The van der Waals surface area contributed by atoms with Crippen molar-refractivity contribution < 1.29 is 14.3 Å².